The fourth-order valence-electron chi connectivity index (χ4n) is 2.49. The van der Waals surface area contributed by atoms with E-state index in [0.29, 0.717) is 17.8 Å². The van der Waals surface area contributed by atoms with Gasteiger partial charge in [0.15, 0.2) is 0 Å². The Hall–Kier alpha value is -0.540. The van der Waals surface area contributed by atoms with Crippen LogP contribution in [-0.2, 0) is 6.54 Å². The molecule has 1 aliphatic carbocycles. The summed E-state index contributed by atoms with van der Waals surface area (Å²) in [6.45, 7) is 4.81. The predicted molar refractivity (Wildman–Crippen MR) is 81.1 cm³/mol. The molecule has 0 unspecified atom stereocenters. The molecule has 0 amide bonds. The SMILES string of the molecule is CC(C)NCc1c(F)cccc1SC1CCCCC1. The molecule has 0 spiro atoms. The van der Waals surface area contributed by atoms with E-state index in [1.54, 1.807) is 6.07 Å². The van der Waals surface area contributed by atoms with E-state index >= 15 is 0 Å². The maximum Gasteiger partial charge on any atom is 0.128 e. The molecule has 0 heterocycles. The summed E-state index contributed by atoms with van der Waals surface area (Å²) in [7, 11) is 0. The molecule has 2 rings (SSSR count). The van der Waals surface area contributed by atoms with Gasteiger partial charge in [0, 0.05) is 28.3 Å². The van der Waals surface area contributed by atoms with Crippen LogP contribution < -0.4 is 5.32 Å². The molecule has 106 valence electrons. The Morgan fingerprint density at radius 1 is 1.26 bits per heavy atom. The first kappa shape index (κ1) is 14.9. The van der Waals surface area contributed by atoms with Crippen LogP contribution >= 0.6 is 11.8 Å². The molecule has 1 N–H and O–H groups in total. The predicted octanol–water partition coefficient (Wildman–Crippen LogP) is 4.75. The fourth-order valence-corrected chi connectivity index (χ4v) is 3.89. The minimum Gasteiger partial charge on any atom is -0.310 e. The normalized spacial score (nSPS) is 17.1. The summed E-state index contributed by atoms with van der Waals surface area (Å²) in [4.78, 5) is 1.13. The molecule has 1 fully saturated rings. The van der Waals surface area contributed by atoms with Crippen LogP contribution in [0.5, 0.6) is 0 Å². The van der Waals surface area contributed by atoms with Gasteiger partial charge in [0.1, 0.15) is 5.82 Å². The van der Waals surface area contributed by atoms with Crippen LogP contribution in [0.25, 0.3) is 0 Å². The summed E-state index contributed by atoms with van der Waals surface area (Å²) in [5.41, 5.74) is 0.840. The van der Waals surface area contributed by atoms with E-state index < -0.39 is 0 Å². The molecule has 0 saturated heterocycles. The quantitative estimate of drug-likeness (QED) is 0.836. The highest BCUT2D eigenvalue weighted by atomic mass is 32.2. The Morgan fingerprint density at radius 2 is 2.00 bits per heavy atom. The Morgan fingerprint density at radius 3 is 2.68 bits per heavy atom. The summed E-state index contributed by atoms with van der Waals surface area (Å²) in [6, 6.07) is 5.86. The Labute approximate surface area is 120 Å². The molecule has 1 saturated carbocycles. The number of thioether (sulfide) groups is 1. The van der Waals surface area contributed by atoms with Gasteiger partial charge in [-0.05, 0) is 25.0 Å². The van der Waals surface area contributed by atoms with Crippen molar-refractivity contribution in [1.29, 1.82) is 0 Å². The van der Waals surface area contributed by atoms with Crippen LogP contribution in [0.4, 0.5) is 4.39 Å². The van der Waals surface area contributed by atoms with E-state index in [1.807, 2.05) is 17.8 Å². The number of hydrogen-bond donors (Lipinski definition) is 1. The minimum atomic E-state index is -0.0750. The zero-order chi connectivity index (χ0) is 13.7. The molecule has 3 heteroatoms. The van der Waals surface area contributed by atoms with Crippen LogP contribution in [0.15, 0.2) is 23.1 Å². The summed E-state index contributed by atoms with van der Waals surface area (Å²) < 4.78 is 14.0. The zero-order valence-electron chi connectivity index (χ0n) is 11.9. The van der Waals surface area contributed by atoms with Gasteiger partial charge in [-0.3, -0.25) is 0 Å². The van der Waals surface area contributed by atoms with Crippen molar-refractivity contribution in [2.45, 2.75) is 68.7 Å². The number of nitrogens with one attached hydrogen (secondary N) is 1. The molecular formula is C16H24FNS. The Balaban J connectivity index is 2.07. The molecule has 19 heavy (non-hydrogen) atoms. The maximum absolute atomic E-state index is 14.0. The molecular weight excluding hydrogens is 257 g/mol. The Kier molecular flexibility index (Phi) is 5.71. The smallest absolute Gasteiger partial charge is 0.128 e. The van der Waals surface area contributed by atoms with E-state index in [1.165, 1.54) is 32.1 Å². The topological polar surface area (TPSA) is 12.0 Å². The second kappa shape index (κ2) is 7.30. The Bertz CT molecular complexity index is 400. The summed E-state index contributed by atoms with van der Waals surface area (Å²) in [5, 5.41) is 4.00. The number of hydrogen-bond acceptors (Lipinski definition) is 2. The fraction of sp³-hybridized carbons (Fsp3) is 0.625. The lowest BCUT2D eigenvalue weighted by Gasteiger charge is -2.22. The molecule has 1 aromatic carbocycles. The second-order valence-corrected chi connectivity index (χ2v) is 6.97. The minimum absolute atomic E-state index is 0.0750. The first-order valence-electron chi connectivity index (χ1n) is 7.34. The summed E-state index contributed by atoms with van der Waals surface area (Å²) >= 11 is 1.88. The monoisotopic (exact) mass is 281 g/mol. The molecule has 1 aliphatic rings. The van der Waals surface area contributed by atoms with Gasteiger partial charge in [0.05, 0.1) is 0 Å². The molecule has 0 aliphatic heterocycles. The average Bonchev–Trinajstić information content (AvgIpc) is 2.39. The van der Waals surface area contributed by atoms with Gasteiger partial charge in [-0.25, -0.2) is 4.39 Å². The van der Waals surface area contributed by atoms with E-state index in [4.69, 9.17) is 0 Å². The molecule has 0 aromatic heterocycles. The highest BCUT2D eigenvalue weighted by Crippen LogP contribution is 2.35. The molecule has 0 atom stereocenters. The number of benzene rings is 1. The van der Waals surface area contributed by atoms with Crippen molar-refractivity contribution in [3.8, 4) is 0 Å². The van der Waals surface area contributed by atoms with E-state index in [9.17, 15) is 4.39 Å². The van der Waals surface area contributed by atoms with Gasteiger partial charge < -0.3 is 5.32 Å². The van der Waals surface area contributed by atoms with Gasteiger partial charge in [-0.1, -0.05) is 39.2 Å². The van der Waals surface area contributed by atoms with Gasteiger partial charge in [0.2, 0.25) is 0 Å². The number of halogens is 1. The van der Waals surface area contributed by atoms with Crippen LogP contribution in [0.3, 0.4) is 0 Å². The lowest BCUT2D eigenvalue weighted by Crippen LogP contribution is -2.23. The second-order valence-electron chi connectivity index (χ2n) is 5.63. The lowest BCUT2D eigenvalue weighted by atomic mass is 10.0. The van der Waals surface area contributed by atoms with Gasteiger partial charge in [-0.15, -0.1) is 11.8 Å². The average molecular weight is 281 g/mol. The van der Waals surface area contributed by atoms with E-state index in [0.717, 1.165) is 10.5 Å². The van der Waals surface area contributed by atoms with Crippen LogP contribution in [0.1, 0.15) is 51.5 Å². The third kappa shape index (κ3) is 4.50. The molecule has 0 radical (unpaired) electrons. The molecule has 1 nitrogen and oxygen atoms in total. The first-order chi connectivity index (χ1) is 9.16. The summed E-state index contributed by atoms with van der Waals surface area (Å²) in [6.07, 6.45) is 6.57. The molecule has 0 bridgehead atoms. The van der Waals surface area contributed by atoms with E-state index in [-0.39, 0.29) is 5.82 Å². The van der Waals surface area contributed by atoms with E-state index in [2.05, 4.69) is 25.2 Å². The number of rotatable bonds is 5. The lowest BCUT2D eigenvalue weighted by molar-refractivity contribution is 0.515. The van der Waals surface area contributed by atoms with Gasteiger partial charge >= 0.3 is 0 Å². The van der Waals surface area contributed by atoms with Crippen molar-refractivity contribution in [3.63, 3.8) is 0 Å². The van der Waals surface area contributed by atoms with Crippen molar-refractivity contribution in [2.24, 2.45) is 0 Å². The highest BCUT2D eigenvalue weighted by molar-refractivity contribution is 8.00. The third-order valence-electron chi connectivity index (χ3n) is 3.61. The van der Waals surface area contributed by atoms with Crippen molar-refractivity contribution in [1.82, 2.24) is 5.32 Å². The van der Waals surface area contributed by atoms with Gasteiger partial charge in [0.25, 0.3) is 0 Å². The van der Waals surface area contributed by atoms with Crippen molar-refractivity contribution >= 4 is 11.8 Å². The largest absolute Gasteiger partial charge is 0.310 e. The standard InChI is InChI=1S/C16H24FNS/c1-12(2)18-11-14-15(17)9-6-10-16(14)19-13-7-4-3-5-8-13/h6,9-10,12-13,18H,3-5,7-8,11H2,1-2H3. The van der Waals surface area contributed by atoms with Crippen LogP contribution in [-0.4, -0.2) is 11.3 Å². The van der Waals surface area contributed by atoms with Crippen LogP contribution in [0.2, 0.25) is 0 Å². The first-order valence-corrected chi connectivity index (χ1v) is 8.22. The maximum atomic E-state index is 14.0. The van der Waals surface area contributed by atoms with Gasteiger partial charge in [-0.2, -0.15) is 0 Å². The van der Waals surface area contributed by atoms with Crippen molar-refractivity contribution < 1.29 is 4.39 Å². The van der Waals surface area contributed by atoms with Crippen molar-refractivity contribution in [2.75, 3.05) is 0 Å². The third-order valence-corrected chi connectivity index (χ3v) is 5.05. The zero-order valence-corrected chi connectivity index (χ0v) is 12.7. The molecule has 1 aromatic rings. The highest BCUT2D eigenvalue weighted by Gasteiger charge is 2.17. The summed E-state index contributed by atoms with van der Waals surface area (Å²) in [5.74, 6) is -0.0750. The van der Waals surface area contributed by atoms with Crippen molar-refractivity contribution in [3.05, 3.63) is 29.6 Å². The van der Waals surface area contributed by atoms with Crippen LogP contribution in [0, 0.1) is 5.82 Å².